The van der Waals surface area contributed by atoms with Gasteiger partial charge in [0.25, 0.3) is 0 Å². The number of nitrogens with one attached hydrogen (secondary N) is 3. The van der Waals surface area contributed by atoms with Crippen LogP contribution in [0.2, 0.25) is 0 Å². The third-order valence-corrected chi connectivity index (χ3v) is 3.59. The second-order valence-electron chi connectivity index (χ2n) is 5.54. The number of rotatable bonds is 10. The molecular weight excluding hydrogens is 302 g/mol. The van der Waals surface area contributed by atoms with Gasteiger partial charge >= 0.3 is 0 Å². The Morgan fingerprint density at radius 2 is 2.08 bits per heavy atom. The van der Waals surface area contributed by atoms with Crippen molar-refractivity contribution in [3.8, 4) is 0 Å². The van der Waals surface area contributed by atoms with Gasteiger partial charge in [-0.1, -0.05) is 12.1 Å². The Bertz CT molecular complexity index is 590. The average Bonchev–Trinajstić information content (AvgIpc) is 3.01. The van der Waals surface area contributed by atoms with Crippen LogP contribution >= 0.6 is 0 Å². The van der Waals surface area contributed by atoms with Crippen molar-refractivity contribution in [2.45, 2.75) is 33.1 Å². The van der Waals surface area contributed by atoms with E-state index in [1.54, 1.807) is 0 Å². The van der Waals surface area contributed by atoms with E-state index >= 15 is 0 Å². The maximum Gasteiger partial charge on any atom is 0.191 e. The molecule has 0 atom stereocenters. The van der Waals surface area contributed by atoms with Crippen LogP contribution in [-0.4, -0.2) is 48.8 Å². The first-order valence-corrected chi connectivity index (χ1v) is 8.87. The number of imidazole rings is 1. The van der Waals surface area contributed by atoms with E-state index in [-0.39, 0.29) is 0 Å². The van der Waals surface area contributed by atoms with Gasteiger partial charge < -0.3 is 20.4 Å². The number of hydrogen-bond acceptors (Lipinski definition) is 3. The molecule has 2 rings (SSSR count). The molecule has 0 aliphatic rings. The number of benzene rings is 1. The molecule has 0 aliphatic heterocycles. The smallest absolute Gasteiger partial charge is 0.191 e. The van der Waals surface area contributed by atoms with Gasteiger partial charge in [-0.15, -0.1) is 0 Å². The van der Waals surface area contributed by atoms with Gasteiger partial charge in [-0.25, -0.2) is 4.98 Å². The van der Waals surface area contributed by atoms with Crippen LogP contribution in [0.1, 0.15) is 32.5 Å². The Balaban J connectivity index is 1.72. The van der Waals surface area contributed by atoms with Crippen molar-refractivity contribution in [2.24, 2.45) is 4.99 Å². The molecule has 0 radical (unpaired) electrons. The van der Waals surface area contributed by atoms with Crippen LogP contribution in [0.4, 0.5) is 0 Å². The number of fused-ring (bicyclic) bond motifs is 1. The zero-order valence-corrected chi connectivity index (χ0v) is 14.8. The predicted molar refractivity (Wildman–Crippen MR) is 99.5 cm³/mol. The number of aromatic amines is 1. The first-order valence-electron chi connectivity index (χ1n) is 8.87. The molecule has 6 heteroatoms. The molecule has 1 aromatic heterocycles. The first kappa shape index (κ1) is 18.3. The molecule has 6 nitrogen and oxygen atoms in total. The van der Waals surface area contributed by atoms with Crippen LogP contribution in [0.25, 0.3) is 11.0 Å². The van der Waals surface area contributed by atoms with Gasteiger partial charge in [-0.2, -0.15) is 0 Å². The number of aryl methyl sites for hydroxylation is 1. The van der Waals surface area contributed by atoms with E-state index in [1.165, 1.54) is 0 Å². The highest BCUT2D eigenvalue weighted by atomic mass is 16.5. The lowest BCUT2D eigenvalue weighted by Gasteiger charge is -2.11. The third-order valence-electron chi connectivity index (χ3n) is 3.59. The molecule has 0 unspecified atom stereocenters. The molecule has 0 spiro atoms. The quantitative estimate of drug-likeness (QED) is 0.355. The van der Waals surface area contributed by atoms with E-state index in [2.05, 4.69) is 38.6 Å². The molecule has 1 aromatic carbocycles. The van der Waals surface area contributed by atoms with Gasteiger partial charge in [0.05, 0.1) is 11.0 Å². The van der Waals surface area contributed by atoms with Gasteiger partial charge in [0.2, 0.25) is 0 Å². The third kappa shape index (κ3) is 6.20. The molecule has 132 valence electrons. The summed E-state index contributed by atoms with van der Waals surface area (Å²) in [7, 11) is 0. The van der Waals surface area contributed by atoms with Crippen LogP contribution in [0.15, 0.2) is 29.3 Å². The van der Waals surface area contributed by atoms with Crippen LogP contribution in [0, 0.1) is 0 Å². The largest absolute Gasteiger partial charge is 0.382 e. The topological polar surface area (TPSA) is 74.3 Å². The summed E-state index contributed by atoms with van der Waals surface area (Å²) in [6.45, 7) is 8.16. The van der Waals surface area contributed by atoms with Crippen molar-refractivity contribution in [1.29, 1.82) is 0 Å². The summed E-state index contributed by atoms with van der Waals surface area (Å²) in [5.74, 6) is 1.90. The SMILES string of the molecule is CCNC(=NCCCc1nc2ccccc2[nH]1)NCCCOCC. The van der Waals surface area contributed by atoms with Crippen molar-refractivity contribution in [1.82, 2.24) is 20.6 Å². The maximum atomic E-state index is 5.34. The number of H-pyrrole nitrogens is 1. The Morgan fingerprint density at radius 1 is 1.21 bits per heavy atom. The molecule has 0 fully saturated rings. The van der Waals surface area contributed by atoms with E-state index in [4.69, 9.17) is 4.74 Å². The second-order valence-corrected chi connectivity index (χ2v) is 5.54. The molecule has 0 saturated carbocycles. The standard InChI is InChI=1S/C18H29N5O/c1-3-19-18(21-13-8-14-24-4-2)20-12-7-11-17-22-15-9-5-6-10-16(15)23-17/h5-6,9-10H,3-4,7-8,11-14H2,1-2H3,(H,22,23)(H2,19,20,21). The van der Waals surface area contributed by atoms with Gasteiger partial charge in [-0.3, -0.25) is 4.99 Å². The highest BCUT2D eigenvalue weighted by molar-refractivity contribution is 5.79. The Kier molecular flexibility index (Phi) is 8.10. The summed E-state index contributed by atoms with van der Waals surface area (Å²) in [6.07, 6.45) is 2.86. The minimum atomic E-state index is 0.774. The Labute approximate surface area is 144 Å². The summed E-state index contributed by atoms with van der Waals surface area (Å²) < 4.78 is 5.34. The normalized spacial score (nSPS) is 11.8. The van der Waals surface area contributed by atoms with E-state index in [0.29, 0.717) is 0 Å². The highest BCUT2D eigenvalue weighted by Crippen LogP contribution is 2.11. The van der Waals surface area contributed by atoms with Crippen LogP contribution in [0.5, 0.6) is 0 Å². The minimum absolute atomic E-state index is 0.774. The number of aliphatic imine (C=N–C) groups is 1. The number of hydrogen-bond donors (Lipinski definition) is 3. The number of para-hydroxylation sites is 2. The molecule has 1 heterocycles. The summed E-state index contributed by atoms with van der Waals surface area (Å²) in [5.41, 5.74) is 2.13. The Morgan fingerprint density at radius 3 is 2.88 bits per heavy atom. The highest BCUT2D eigenvalue weighted by Gasteiger charge is 2.02. The van der Waals surface area contributed by atoms with E-state index < -0.39 is 0 Å². The van der Waals surface area contributed by atoms with Crippen molar-refractivity contribution < 1.29 is 4.74 Å². The lowest BCUT2D eigenvalue weighted by Crippen LogP contribution is -2.38. The Hall–Kier alpha value is -2.08. The molecule has 0 amide bonds. The second kappa shape index (κ2) is 10.6. The lowest BCUT2D eigenvalue weighted by atomic mass is 10.3. The summed E-state index contributed by atoms with van der Waals surface area (Å²) in [4.78, 5) is 12.6. The molecule has 0 bridgehead atoms. The zero-order chi connectivity index (χ0) is 17.0. The molecule has 0 aliphatic carbocycles. The number of nitrogens with zero attached hydrogens (tertiary/aromatic N) is 2. The van der Waals surface area contributed by atoms with Crippen LogP contribution < -0.4 is 10.6 Å². The van der Waals surface area contributed by atoms with Gasteiger partial charge in [0.1, 0.15) is 5.82 Å². The number of aromatic nitrogens is 2. The van der Waals surface area contributed by atoms with Crippen LogP contribution in [0.3, 0.4) is 0 Å². The fourth-order valence-electron chi connectivity index (χ4n) is 2.43. The molecule has 2 aromatic rings. The summed E-state index contributed by atoms with van der Waals surface area (Å²) in [5, 5.41) is 6.60. The zero-order valence-electron chi connectivity index (χ0n) is 14.8. The monoisotopic (exact) mass is 331 g/mol. The van der Waals surface area contributed by atoms with E-state index in [9.17, 15) is 0 Å². The van der Waals surface area contributed by atoms with Gasteiger partial charge in [0.15, 0.2) is 5.96 Å². The molecule has 3 N–H and O–H groups in total. The van der Waals surface area contributed by atoms with Crippen molar-refractivity contribution in [2.75, 3.05) is 32.8 Å². The van der Waals surface area contributed by atoms with Crippen LogP contribution in [-0.2, 0) is 11.2 Å². The van der Waals surface area contributed by atoms with E-state index in [0.717, 1.165) is 74.9 Å². The fourth-order valence-corrected chi connectivity index (χ4v) is 2.43. The fraction of sp³-hybridized carbons (Fsp3) is 0.556. The first-order chi connectivity index (χ1) is 11.8. The van der Waals surface area contributed by atoms with E-state index in [1.807, 2.05) is 25.1 Å². The van der Waals surface area contributed by atoms with Crippen molar-refractivity contribution in [3.05, 3.63) is 30.1 Å². The summed E-state index contributed by atoms with van der Waals surface area (Å²) >= 11 is 0. The van der Waals surface area contributed by atoms with Crippen molar-refractivity contribution >= 4 is 17.0 Å². The van der Waals surface area contributed by atoms with Gasteiger partial charge in [0, 0.05) is 39.3 Å². The number of guanidine groups is 1. The molecule has 24 heavy (non-hydrogen) atoms. The average molecular weight is 331 g/mol. The number of ether oxygens (including phenoxy) is 1. The van der Waals surface area contributed by atoms with Crippen molar-refractivity contribution in [3.63, 3.8) is 0 Å². The minimum Gasteiger partial charge on any atom is -0.382 e. The molecule has 0 saturated heterocycles. The summed E-state index contributed by atoms with van der Waals surface area (Å²) in [6, 6.07) is 8.12. The molecular formula is C18H29N5O. The lowest BCUT2D eigenvalue weighted by molar-refractivity contribution is 0.145. The van der Waals surface area contributed by atoms with Gasteiger partial charge in [-0.05, 0) is 38.8 Å². The maximum absolute atomic E-state index is 5.34. The predicted octanol–water partition coefficient (Wildman–Crippen LogP) is 2.48.